The van der Waals surface area contributed by atoms with Crippen LogP contribution in [0.4, 0.5) is 0 Å². The highest BCUT2D eigenvalue weighted by Crippen LogP contribution is 2.02. The molecule has 1 aliphatic heterocycles. The Morgan fingerprint density at radius 3 is 2.82 bits per heavy atom. The van der Waals surface area contributed by atoms with Crippen LogP contribution < -0.4 is 5.32 Å². The molecule has 1 fully saturated rings. The molecule has 1 N–H and O–H groups in total. The summed E-state index contributed by atoms with van der Waals surface area (Å²) in [4.78, 5) is 0. The summed E-state index contributed by atoms with van der Waals surface area (Å²) in [6, 6.07) is 0.261. The molecule has 1 heterocycles. The Hall–Kier alpha value is -0.130. The summed E-state index contributed by atoms with van der Waals surface area (Å²) < 4.78 is 23.9. The fraction of sp³-hybridized carbons (Fsp3) is 1.00. The van der Waals surface area contributed by atoms with Crippen LogP contribution in [-0.2, 0) is 10.0 Å². The molecule has 0 saturated carbocycles. The summed E-state index contributed by atoms with van der Waals surface area (Å²) in [5, 5.41) is 3.11. The van der Waals surface area contributed by atoms with Gasteiger partial charge in [-0.05, 0) is 6.92 Å². The van der Waals surface area contributed by atoms with Crippen LogP contribution in [0.2, 0.25) is 0 Å². The second kappa shape index (κ2) is 3.08. The molecule has 0 unspecified atom stereocenters. The molecule has 0 amide bonds. The van der Waals surface area contributed by atoms with Crippen molar-refractivity contribution in [1.29, 1.82) is 0 Å². The molecule has 1 aliphatic rings. The van der Waals surface area contributed by atoms with Crippen LogP contribution in [0.5, 0.6) is 0 Å². The number of nitrogens with zero attached hydrogens (tertiary/aromatic N) is 1. The number of sulfonamides is 1. The molecule has 0 aromatic heterocycles. The highest BCUT2D eigenvalue weighted by atomic mass is 32.2. The quantitative estimate of drug-likeness (QED) is 0.530. The third-order valence-corrected chi connectivity index (χ3v) is 3.68. The predicted octanol–water partition coefficient (Wildman–Crippen LogP) is -0.760. The van der Waals surface area contributed by atoms with E-state index in [1.807, 2.05) is 6.92 Å². The lowest BCUT2D eigenvalue weighted by Gasteiger charge is -2.15. The molecule has 0 bridgehead atoms. The second-order valence-corrected chi connectivity index (χ2v) is 5.15. The van der Waals surface area contributed by atoms with Crippen molar-refractivity contribution in [1.82, 2.24) is 9.62 Å². The normalized spacial score (nSPS) is 33.1. The van der Waals surface area contributed by atoms with Gasteiger partial charge in [0.25, 0.3) is 0 Å². The van der Waals surface area contributed by atoms with E-state index in [1.54, 1.807) is 7.05 Å². The van der Waals surface area contributed by atoms with Crippen LogP contribution in [0.1, 0.15) is 6.92 Å². The van der Waals surface area contributed by atoms with E-state index in [0.717, 1.165) is 0 Å². The standard InChI is InChI=1S/C6H14N2O2S/c1-6-5-8(2)11(9,10)4-3-7-6/h6-7H,3-5H2,1-2H3/t6-/m1/s1. The van der Waals surface area contributed by atoms with Crippen molar-refractivity contribution < 1.29 is 8.42 Å². The van der Waals surface area contributed by atoms with E-state index >= 15 is 0 Å². The molecule has 4 nitrogen and oxygen atoms in total. The van der Waals surface area contributed by atoms with Gasteiger partial charge in [-0.1, -0.05) is 0 Å². The number of nitrogens with one attached hydrogen (secondary N) is 1. The number of hydrogen-bond donors (Lipinski definition) is 1. The minimum Gasteiger partial charge on any atom is -0.312 e. The monoisotopic (exact) mass is 178 g/mol. The van der Waals surface area contributed by atoms with Gasteiger partial charge in [0.2, 0.25) is 10.0 Å². The Bertz CT molecular complexity index is 225. The third-order valence-electron chi connectivity index (χ3n) is 1.86. The van der Waals surface area contributed by atoms with Crippen molar-refractivity contribution in [2.24, 2.45) is 0 Å². The van der Waals surface area contributed by atoms with Gasteiger partial charge in [-0.3, -0.25) is 0 Å². The van der Waals surface area contributed by atoms with Gasteiger partial charge in [0.15, 0.2) is 0 Å². The molecule has 0 spiro atoms. The van der Waals surface area contributed by atoms with Gasteiger partial charge in [0.1, 0.15) is 0 Å². The number of rotatable bonds is 0. The first-order valence-corrected chi connectivity index (χ1v) is 5.31. The smallest absolute Gasteiger partial charge is 0.215 e. The van der Waals surface area contributed by atoms with Crippen molar-refractivity contribution >= 4 is 10.0 Å². The highest BCUT2D eigenvalue weighted by molar-refractivity contribution is 7.89. The molecule has 0 aromatic carbocycles. The van der Waals surface area contributed by atoms with Crippen molar-refractivity contribution in [3.8, 4) is 0 Å². The van der Waals surface area contributed by atoms with Gasteiger partial charge in [0.05, 0.1) is 5.75 Å². The van der Waals surface area contributed by atoms with Crippen molar-refractivity contribution in [3.05, 3.63) is 0 Å². The van der Waals surface area contributed by atoms with Gasteiger partial charge < -0.3 is 5.32 Å². The average molecular weight is 178 g/mol. The van der Waals surface area contributed by atoms with E-state index in [0.29, 0.717) is 13.1 Å². The van der Waals surface area contributed by atoms with E-state index in [-0.39, 0.29) is 11.8 Å². The van der Waals surface area contributed by atoms with E-state index < -0.39 is 10.0 Å². The van der Waals surface area contributed by atoms with E-state index in [1.165, 1.54) is 4.31 Å². The summed E-state index contributed by atoms with van der Waals surface area (Å²) in [5.74, 6) is 0.216. The maximum atomic E-state index is 11.2. The van der Waals surface area contributed by atoms with Crippen molar-refractivity contribution in [2.75, 3.05) is 25.9 Å². The SMILES string of the molecule is C[C@@H]1CN(C)S(=O)(=O)CCN1. The first-order valence-electron chi connectivity index (χ1n) is 3.70. The Morgan fingerprint density at radius 2 is 2.18 bits per heavy atom. The Balaban J connectivity index is 2.74. The van der Waals surface area contributed by atoms with Crippen LogP contribution in [0.15, 0.2) is 0 Å². The Kier molecular flexibility index (Phi) is 2.51. The molecule has 1 saturated heterocycles. The summed E-state index contributed by atoms with van der Waals surface area (Å²) in [7, 11) is -1.34. The molecule has 0 radical (unpaired) electrons. The van der Waals surface area contributed by atoms with Gasteiger partial charge >= 0.3 is 0 Å². The minimum atomic E-state index is -2.96. The van der Waals surface area contributed by atoms with Crippen LogP contribution in [0.3, 0.4) is 0 Å². The van der Waals surface area contributed by atoms with Gasteiger partial charge in [-0.25, -0.2) is 12.7 Å². The molecule has 5 heteroatoms. The molecule has 66 valence electrons. The first-order chi connectivity index (χ1) is 5.02. The summed E-state index contributed by atoms with van der Waals surface area (Å²) in [5.41, 5.74) is 0. The largest absolute Gasteiger partial charge is 0.312 e. The van der Waals surface area contributed by atoms with Gasteiger partial charge in [-0.2, -0.15) is 0 Å². The van der Waals surface area contributed by atoms with Crippen LogP contribution in [0, 0.1) is 0 Å². The van der Waals surface area contributed by atoms with Crippen LogP contribution in [0.25, 0.3) is 0 Å². The lowest BCUT2D eigenvalue weighted by molar-refractivity contribution is 0.433. The Morgan fingerprint density at radius 1 is 1.55 bits per heavy atom. The fourth-order valence-electron chi connectivity index (χ4n) is 1.15. The highest BCUT2D eigenvalue weighted by Gasteiger charge is 2.22. The van der Waals surface area contributed by atoms with E-state index in [2.05, 4.69) is 5.32 Å². The molecule has 11 heavy (non-hydrogen) atoms. The van der Waals surface area contributed by atoms with Crippen LogP contribution >= 0.6 is 0 Å². The average Bonchev–Trinajstić information content (AvgIpc) is 1.94. The zero-order valence-corrected chi connectivity index (χ0v) is 7.69. The number of likely N-dealkylation sites (N-methyl/N-ethyl adjacent to an activating group) is 1. The molecular weight excluding hydrogens is 164 g/mol. The predicted molar refractivity (Wildman–Crippen MR) is 43.9 cm³/mol. The minimum absolute atomic E-state index is 0.216. The Labute approximate surface area is 67.6 Å². The van der Waals surface area contributed by atoms with E-state index in [4.69, 9.17) is 0 Å². The van der Waals surface area contributed by atoms with Gasteiger partial charge in [-0.15, -0.1) is 0 Å². The van der Waals surface area contributed by atoms with Crippen molar-refractivity contribution in [2.45, 2.75) is 13.0 Å². The zero-order valence-electron chi connectivity index (χ0n) is 6.87. The molecule has 0 aliphatic carbocycles. The molecule has 0 aromatic rings. The molecular formula is C6H14N2O2S. The number of hydrogen-bond acceptors (Lipinski definition) is 3. The van der Waals surface area contributed by atoms with E-state index in [9.17, 15) is 8.42 Å². The summed E-state index contributed by atoms with van der Waals surface area (Å²) >= 11 is 0. The summed E-state index contributed by atoms with van der Waals surface area (Å²) in [6.45, 7) is 3.12. The molecule has 1 atom stereocenters. The maximum Gasteiger partial charge on any atom is 0.215 e. The second-order valence-electron chi connectivity index (χ2n) is 2.95. The van der Waals surface area contributed by atoms with Crippen molar-refractivity contribution in [3.63, 3.8) is 0 Å². The topological polar surface area (TPSA) is 49.4 Å². The first kappa shape index (κ1) is 8.96. The fourth-order valence-corrected chi connectivity index (χ4v) is 2.29. The lowest BCUT2D eigenvalue weighted by atomic mass is 10.3. The maximum absolute atomic E-state index is 11.2. The lowest BCUT2D eigenvalue weighted by Crippen LogP contribution is -2.34. The van der Waals surface area contributed by atoms with Gasteiger partial charge in [0, 0.05) is 26.2 Å². The van der Waals surface area contributed by atoms with Crippen LogP contribution in [-0.4, -0.2) is 44.7 Å². The third kappa shape index (κ3) is 2.15. The molecule has 1 rings (SSSR count). The summed E-state index contributed by atoms with van der Waals surface area (Å²) in [6.07, 6.45) is 0. The zero-order chi connectivity index (χ0) is 8.48.